The Morgan fingerprint density at radius 3 is 2.06 bits per heavy atom. The zero-order valence-corrected chi connectivity index (χ0v) is 9.64. The molecule has 0 spiro atoms. The average Bonchev–Trinajstić information content (AvgIpc) is 2.15. The molecule has 0 aromatic heterocycles. The highest BCUT2D eigenvalue weighted by molar-refractivity contribution is 5.77. The highest BCUT2D eigenvalue weighted by atomic mass is 19.4. The van der Waals surface area contributed by atoms with Crippen molar-refractivity contribution in [2.24, 2.45) is 5.73 Å². The van der Waals surface area contributed by atoms with Crippen LogP contribution in [0.15, 0.2) is 24.3 Å². The van der Waals surface area contributed by atoms with Gasteiger partial charge >= 0.3 is 6.18 Å². The summed E-state index contributed by atoms with van der Waals surface area (Å²) in [5.74, 6) is -0.592. The van der Waals surface area contributed by atoms with Gasteiger partial charge in [0.1, 0.15) is 11.3 Å². The Hall–Kier alpha value is -1.36. The Bertz CT molecular complexity index is 411. The molecule has 0 fully saturated rings. The van der Waals surface area contributed by atoms with E-state index in [0.717, 1.165) is 12.5 Å². The first-order valence-electron chi connectivity index (χ1n) is 5.09. The molecular formula is C12H14F3NO. The first kappa shape index (κ1) is 13.7. The topological polar surface area (TPSA) is 43.1 Å². The third kappa shape index (κ3) is 2.85. The van der Waals surface area contributed by atoms with Crippen LogP contribution in [-0.4, -0.2) is 12.0 Å². The third-order valence-electron chi connectivity index (χ3n) is 2.60. The molecule has 2 N–H and O–H groups in total. The summed E-state index contributed by atoms with van der Waals surface area (Å²) >= 11 is 0. The largest absolute Gasteiger partial charge is 0.411 e. The first-order chi connectivity index (χ1) is 7.67. The van der Waals surface area contributed by atoms with Crippen molar-refractivity contribution in [3.05, 3.63) is 35.4 Å². The maximum Gasteiger partial charge on any atom is 0.411 e. The minimum Gasteiger partial charge on any atom is -0.314 e. The minimum atomic E-state index is -4.66. The van der Waals surface area contributed by atoms with Crippen LogP contribution in [0.3, 0.4) is 0 Å². The van der Waals surface area contributed by atoms with E-state index in [-0.39, 0.29) is 5.56 Å². The number of carbonyl (C=O) groups excluding carboxylic acids is 1. The van der Waals surface area contributed by atoms with Crippen molar-refractivity contribution in [1.29, 1.82) is 0 Å². The molecule has 0 saturated carbocycles. The Balaban J connectivity index is 3.24. The number of hydrogen-bond donors (Lipinski definition) is 1. The predicted molar refractivity (Wildman–Crippen MR) is 58.4 cm³/mol. The van der Waals surface area contributed by atoms with Crippen molar-refractivity contribution in [3.63, 3.8) is 0 Å². The van der Waals surface area contributed by atoms with Crippen LogP contribution in [0.25, 0.3) is 0 Å². The summed E-state index contributed by atoms with van der Waals surface area (Å²) in [4.78, 5) is 11.0. The molecule has 1 aromatic carbocycles. The average molecular weight is 245 g/mol. The van der Waals surface area contributed by atoms with Gasteiger partial charge in [-0.1, -0.05) is 29.8 Å². The summed E-state index contributed by atoms with van der Waals surface area (Å²) in [5.41, 5.74) is 3.54. The highest BCUT2D eigenvalue weighted by Gasteiger charge is 2.53. The molecule has 0 bridgehead atoms. The summed E-state index contributed by atoms with van der Waals surface area (Å²) in [6, 6.07) is 5.71. The lowest BCUT2D eigenvalue weighted by molar-refractivity contribution is -0.192. The number of halogens is 3. The van der Waals surface area contributed by atoms with E-state index in [1.807, 2.05) is 0 Å². The van der Waals surface area contributed by atoms with Gasteiger partial charge in [-0.25, -0.2) is 0 Å². The minimum absolute atomic E-state index is 0.0919. The summed E-state index contributed by atoms with van der Waals surface area (Å²) in [5, 5.41) is 0. The number of nitrogens with two attached hydrogens (primary N) is 1. The second-order valence-corrected chi connectivity index (χ2v) is 4.21. The third-order valence-corrected chi connectivity index (χ3v) is 2.60. The quantitative estimate of drug-likeness (QED) is 0.889. The van der Waals surface area contributed by atoms with Gasteiger partial charge in [0.2, 0.25) is 0 Å². The van der Waals surface area contributed by atoms with Gasteiger partial charge in [-0.3, -0.25) is 4.79 Å². The fraction of sp³-hybridized carbons (Fsp3) is 0.417. The van der Waals surface area contributed by atoms with Gasteiger partial charge in [-0.15, -0.1) is 0 Å². The van der Waals surface area contributed by atoms with E-state index in [2.05, 4.69) is 0 Å². The van der Waals surface area contributed by atoms with Crippen LogP contribution in [0, 0.1) is 6.92 Å². The monoisotopic (exact) mass is 245 g/mol. The molecule has 1 rings (SSSR count). The summed E-state index contributed by atoms with van der Waals surface area (Å²) in [6.07, 6.45) is -5.41. The Morgan fingerprint density at radius 2 is 1.71 bits per heavy atom. The maximum atomic E-state index is 13.0. The second-order valence-electron chi connectivity index (χ2n) is 4.21. The zero-order chi connectivity index (χ0) is 13.3. The summed E-state index contributed by atoms with van der Waals surface area (Å²) in [7, 11) is 0. The van der Waals surface area contributed by atoms with Gasteiger partial charge in [0.05, 0.1) is 0 Å². The number of benzene rings is 1. The SMILES string of the molecule is CC(=O)C[C@](N)(c1ccc(C)cc1)C(F)(F)F. The molecule has 94 valence electrons. The van der Waals surface area contributed by atoms with Crippen LogP contribution in [0.4, 0.5) is 13.2 Å². The van der Waals surface area contributed by atoms with E-state index in [0.29, 0.717) is 0 Å². The van der Waals surface area contributed by atoms with Gasteiger partial charge in [0, 0.05) is 6.42 Å². The van der Waals surface area contributed by atoms with Crippen LogP contribution >= 0.6 is 0 Å². The van der Waals surface area contributed by atoms with Crippen molar-refractivity contribution in [1.82, 2.24) is 0 Å². The number of rotatable bonds is 3. The number of carbonyl (C=O) groups is 1. The van der Waals surface area contributed by atoms with Gasteiger partial charge in [0.15, 0.2) is 0 Å². The lowest BCUT2D eigenvalue weighted by atomic mass is 9.85. The Kier molecular flexibility index (Phi) is 3.62. The van der Waals surface area contributed by atoms with Crippen LogP contribution < -0.4 is 5.73 Å². The van der Waals surface area contributed by atoms with Gasteiger partial charge in [-0.2, -0.15) is 13.2 Å². The van der Waals surface area contributed by atoms with Gasteiger partial charge in [0.25, 0.3) is 0 Å². The molecule has 0 unspecified atom stereocenters. The van der Waals surface area contributed by atoms with Crippen LogP contribution in [0.2, 0.25) is 0 Å². The highest BCUT2D eigenvalue weighted by Crippen LogP contribution is 2.39. The van der Waals surface area contributed by atoms with Crippen molar-refractivity contribution in [2.75, 3.05) is 0 Å². The fourth-order valence-corrected chi connectivity index (χ4v) is 1.61. The molecule has 0 aliphatic heterocycles. The molecule has 2 nitrogen and oxygen atoms in total. The molecule has 0 amide bonds. The van der Waals surface area contributed by atoms with E-state index in [1.54, 1.807) is 19.1 Å². The van der Waals surface area contributed by atoms with Crippen molar-refractivity contribution in [3.8, 4) is 0 Å². The number of ketones is 1. The van der Waals surface area contributed by atoms with Crippen LogP contribution in [0.1, 0.15) is 24.5 Å². The van der Waals surface area contributed by atoms with Gasteiger partial charge < -0.3 is 5.73 Å². The normalized spacial score (nSPS) is 15.4. The van der Waals surface area contributed by atoms with Gasteiger partial charge in [-0.05, 0) is 19.4 Å². The number of hydrogen-bond acceptors (Lipinski definition) is 2. The molecular weight excluding hydrogens is 231 g/mol. The maximum absolute atomic E-state index is 13.0. The first-order valence-corrected chi connectivity index (χ1v) is 5.09. The summed E-state index contributed by atoms with van der Waals surface area (Å²) in [6.45, 7) is 2.86. The van der Waals surface area contributed by atoms with Crippen molar-refractivity contribution >= 4 is 5.78 Å². The lowest BCUT2D eigenvalue weighted by Crippen LogP contribution is -2.51. The smallest absolute Gasteiger partial charge is 0.314 e. The van der Waals surface area contributed by atoms with Crippen LogP contribution in [0.5, 0.6) is 0 Å². The molecule has 0 aliphatic carbocycles. The number of aryl methyl sites for hydroxylation is 1. The molecule has 0 saturated heterocycles. The lowest BCUT2D eigenvalue weighted by Gasteiger charge is -2.31. The van der Waals surface area contributed by atoms with E-state index >= 15 is 0 Å². The molecule has 0 radical (unpaired) electrons. The molecule has 1 aromatic rings. The molecule has 1 atom stereocenters. The Labute approximate surface area is 97.6 Å². The summed E-state index contributed by atoms with van der Waals surface area (Å²) < 4.78 is 38.9. The van der Waals surface area contributed by atoms with E-state index in [1.165, 1.54) is 12.1 Å². The molecule has 0 heterocycles. The zero-order valence-electron chi connectivity index (χ0n) is 9.64. The number of Topliss-reactive ketones (excluding diaryl/α,β-unsaturated/α-hetero) is 1. The Morgan fingerprint density at radius 1 is 1.24 bits per heavy atom. The standard InChI is InChI=1S/C12H14F3NO/c1-8-3-5-10(6-4-8)11(16,7-9(2)17)12(13,14)15/h3-6H,7,16H2,1-2H3/t11-/m0/s1. The number of alkyl halides is 3. The second kappa shape index (κ2) is 4.49. The molecule has 17 heavy (non-hydrogen) atoms. The molecule has 5 heteroatoms. The van der Waals surface area contributed by atoms with Crippen molar-refractivity contribution in [2.45, 2.75) is 32.0 Å². The van der Waals surface area contributed by atoms with Crippen molar-refractivity contribution < 1.29 is 18.0 Å². The van der Waals surface area contributed by atoms with E-state index in [4.69, 9.17) is 5.73 Å². The molecule has 0 aliphatic rings. The fourth-order valence-electron chi connectivity index (χ4n) is 1.61. The van der Waals surface area contributed by atoms with E-state index < -0.39 is 23.9 Å². The predicted octanol–water partition coefficient (Wildman–Crippen LogP) is 2.69. The van der Waals surface area contributed by atoms with Crippen LogP contribution in [-0.2, 0) is 10.3 Å². The van der Waals surface area contributed by atoms with E-state index in [9.17, 15) is 18.0 Å².